The molecule has 0 aromatic carbocycles. The van der Waals surface area contributed by atoms with Crippen molar-refractivity contribution >= 4 is 17.3 Å². The molecule has 0 radical (unpaired) electrons. The number of aliphatic hydroxyl groups is 1. The summed E-state index contributed by atoms with van der Waals surface area (Å²) < 4.78 is 11.1. The van der Waals surface area contributed by atoms with E-state index in [1.807, 2.05) is 30.2 Å². The van der Waals surface area contributed by atoms with Crippen molar-refractivity contribution in [3.63, 3.8) is 0 Å². The van der Waals surface area contributed by atoms with E-state index in [-0.39, 0.29) is 11.8 Å². The van der Waals surface area contributed by atoms with Gasteiger partial charge in [-0.1, -0.05) is 6.07 Å². The van der Waals surface area contributed by atoms with Gasteiger partial charge in [-0.05, 0) is 25.0 Å². The molecule has 9 nitrogen and oxygen atoms in total. The summed E-state index contributed by atoms with van der Waals surface area (Å²) in [5.74, 6) is 1.22. The molecule has 4 heterocycles. The first-order chi connectivity index (χ1) is 13.1. The minimum absolute atomic E-state index is 0.239. The van der Waals surface area contributed by atoms with Crippen LogP contribution in [0.1, 0.15) is 17.7 Å². The standard InChI is InChI=1S/C18H24N6O3/c1-11-2-3-12(6-20-11)7-24-8-14(25)21-15-16(19)22-18(23-17(15)24)27-10-13-4-5-26-9-13/h2-3,6,13-14,21,25H,4-5,7-10H2,1H3,(H2,19,22,23). The van der Waals surface area contributed by atoms with Gasteiger partial charge in [0.25, 0.3) is 0 Å². The maximum absolute atomic E-state index is 10.2. The molecule has 4 N–H and O–H groups in total. The van der Waals surface area contributed by atoms with Crippen molar-refractivity contribution in [3.05, 3.63) is 29.6 Å². The van der Waals surface area contributed by atoms with Crippen LogP contribution in [0.5, 0.6) is 6.01 Å². The van der Waals surface area contributed by atoms with Crippen LogP contribution in [0.4, 0.5) is 17.3 Å². The largest absolute Gasteiger partial charge is 0.463 e. The highest BCUT2D eigenvalue weighted by Crippen LogP contribution is 2.35. The Kier molecular flexibility index (Phi) is 4.95. The number of hydrogen-bond acceptors (Lipinski definition) is 9. The lowest BCUT2D eigenvalue weighted by Crippen LogP contribution is -2.42. The maximum atomic E-state index is 10.2. The van der Waals surface area contributed by atoms with Crippen molar-refractivity contribution in [2.75, 3.05) is 42.3 Å². The fraction of sp³-hybridized carbons (Fsp3) is 0.500. The van der Waals surface area contributed by atoms with Crippen LogP contribution in [-0.4, -0.2) is 52.7 Å². The van der Waals surface area contributed by atoms with E-state index in [4.69, 9.17) is 15.2 Å². The molecule has 0 aliphatic carbocycles. The Bertz CT molecular complexity index is 794. The molecular formula is C18H24N6O3. The molecule has 1 saturated heterocycles. The second-order valence-electron chi connectivity index (χ2n) is 6.98. The molecule has 2 aromatic rings. The Labute approximate surface area is 157 Å². The quantitative estimate of drug-likeness (QED) is 0.704. The molecule has 2 aliphatic rings. The lowest BCUT2D eigenvalue weighted by atomic mass is 10.1. The van der Waals surface area contributed by atoms with Crippen molar-refractivity contribution in [1.29, 1.82) is 0 Å². The van der Waals surface area contributed by atoms with Crippen molar-refractivity contribution in [3.8, 4) is 6.01 Å². The number of aryl methyl sites for hydroxylation is 1. The fourth-order valence-electron chi connectivity index (χ4n) is 3.24. The van der Waals surface area contributed by atoms with Crippen LogP contribution >= 0.6 is 0 Å². The van der Waals surface area contributed by atoms with Crippen molar-refractivity contribution in [2.45, 2.75) is 26.1 Å². The van der Waals surface area contributed by atoms with Gasteiger partial charge in [-0.2, -0.15) is 9.97 Å². The average molecular weight is 372 g/mol. The molecule has 2 unspecified atom stereocenters. The average Bonchev–Trinajstić information content (AvgIpc) is 3.16. The molecular weight excluding hydrogens is 348 g/mol. The fourth-order valence-corrected chi connectivity index (χ4v) is 3.24. The van der Waals surface area contributed by atoms with Gasteiger partial charge in [0.2, 0.25) is 0 Å². The number of fused-ring (bicyclic) bond motifs is 1. The summed E-state index contributed by atoms with van der Waals surface area (Å²) >= 11 is 0. The second kappa shape index (κ2) is 7.53. The molecule has 0 amide bonds. The van der Waals surface area contributed by atoms with Gasteiger partial charge in [0, 0.05) is 31.0 Å². The molecule has 0 saturated carbocycles. The highest BCUT2D eigenvalue weighted by molar-refractivity contribution is 5.78. The van der Waals surface area contributed by atoms with Crippen LogP contribution < -0.4 is 20.7 Å². The van der Waals surface area contributed by atoms with Gasteiger partial charge in [0.1, 0.15) is 11.9 Å². The molecule has 0 spiro atoms. The van der Waals surface area contributed by atoms with Crippen LogP contribution in [0.15, 0.2) is 18.3 Å². The molecule has 144 valence electrons. The number of rotatable bonds is 5. The summed E-state index contributed by atoms with van der Waals surface area (Å²) in [6.07, 6.45) is 2.04. The Morgan fingerprint density at radius 3 is 3.04 bits per heavy atom. The highest BCUT2D eigenvalue weighted by Gasteiger charge is 2.28. The van der Waals surface area contributed by atoms with Crippen LogP contribution in [0.2, 0.25) is 0 Å². The molecule has 27 heavy (non-hydrogen) atoms. The Hall–Kier alpha value is -2.65. The Balaban J connectivity index is 1.56. The summed E-state index contributed by atoms with van der Waals surface area (Å²) in [6, 6.07) is 4.21. The Morgan fingerprint density at radius 2 is 2.30 bits per heavy atom. The van der Waals surface area contributed by atoms with E-state index in [0.29, 0.717) is 43.7 Å². The van der Waals surface area contributed by atoms with Crippen LogP contribution in [0, 0.1) is 12.8 Å². The summed E-state index contributed by atoms with van der Waals surface area (Å²) in [5.41, 5.74) is 8.59. The predicted molar refractivity (Wildman–Crippen MR) is 101 cm³/mol. The van der Waals surface area contributed by atoms with E-state index < -0.39 is 6.23 Å². The SMILES string of the molecule is Cc1ccc(CN2CC(O)Nc3c(N)nc(OCC4CCOC4)nc32)cn1. The number of aliphatic hydroxyl groups excluding tert-OH is 1. The van der Waals surface area contributed by atoms with Crippen LogP contribution in [0.25, 0.3) is 0 Å². The number of nitrogens with zero attached hydrogens (tertiary/aromatic N) is 4. The monoisotopic (exact) mass is 372 g/mol. The van der Waals surface area contributed by atoms with E-state index >= 15 is 0 Å². The molecule has 1 fully saturated rings. The zero-order valence-corrected chi connectivity index (χ0v) is 15.3. The number of aromatic nitrogens is 3. The number of hydrogen-bond donors (Lipinski definition) is 3. The van der Waals surface area contributed by atoms with Gasteiger partial charge in [-0.25, -0.2) is 0 Å². The van der Waals surface area contributed by atoms with Gasteiger partial charge in [-0.15, -0.1) is 0 Å². The number of pyridine rings is 1. The smallest absolute Gasteiger partial charge is 0.320 e. The number of ether oxygens (including phenoxy) is 2. The lowest BCUT2D eigenvalue weighted by Gasteiger charge is -2.34. The number of nitrogens with two attached hydrogens (primary N) is 1. The summed E-state index contributed by atoms with van der Waals surface area (Å²) in [7, 11) is 0. The highest BCUT2D eigenvalue weighted by atomic mass is 16.5. The van der Waals surface area contributed by atoms with Crippen LogP contribution in [-0.2, 0) is 11.3 Å². The minimum atomic E-state index is -0.760. The van der Waals surface area contributed by atoms with Crippen molar-refractivity contribution in [1.82, 2.24) is 15.0 Å². The zero-order valence-electron chi connectivity index (χ0n) is 15.3. The van der Waals surface area contributed by atoms with Gasteiger partial charge in [0.05, 0.1) is 19.8 Å². The van der Waals surface area contributed by atoms with Crippen molar-refractivity contribution < 1.29 is 14.6 Å². The third kappa shape index (κ3) is 4.04. The van der Waals surface area contributed by atoms with Gasteiger partial charge in [-0.3, -0.25) is 4.98 Å². The first kappa shape index (κ1) is 17.7. The number of β-amino-alcohol motifs (C(OH)–C–C–N with tert-alkyl or cyclic N) is 1. The van der Waals surface area contributed by atoms with Gasteiger partial charge >= 0.3 is 6.01 Å². The number of anilines is 3. The molecule has 2 atom stereocenters. The molecule has 4 rings (SSSR count). The third-order valence-corrected chi connectivity index (χ3v) is 4.72. The first-order valence-electron chi connectivity index (χ1n) is 9.07. The number of nitrogen functional groups attached to an aromatic ring is 1. The normalized spacial score (nSPS) is 21.6. The molecule has 0 bridgehead atoms. The van der Waals surface area contributed by atoms with Gasteiger partial charge < -0.3 is 30.5 Å². The summed E-state index contributed by atoms with van der Waals surface area (Å²) in [5, 5.41) is 13.1. The number of nitrogens with one attached hydrogen (secondary N) is 1. The third-order valence-electron chi connectivity index (χ3n) is 4.72. The van der Waals surface area contributed by atoms with E-state index in [9.17, 15) is 5.11 Å². The summed E-state index contributed by atoms with van der Waals surface area (Å²) in [4.78, 5) is 15.0. The molecule has 2 aliphatic heterocycles. The topological polar surface area (TPSA) is 119 Å². The minimum Gasteiger partial charge on any atom is -0.463 e. The second-order valence-corrected chi connectivity index (χ2v) is 6.98. The predicted octanol–water partition coefficient (Wildman–Crippen LogP) is 0.928. The Morgan fingerprint density at radius 1 is 1.41 bits per heavy atom. The zero-order chi connectivity index (χ0) is 18.8. The van der Waals surface area contributed by atoms with E-state index in [1.165, 1.54) is 0 Å². The first-order valence-corrected chi connectivity index (χ1v) is 9.07. The van der Waals surface area contributed by atoms with E-state index in [0.717, 1.165) is 24.3 Å². The molecule has 2 aromatic heterocycles. The van der Waals surface area contributed by atoms with Crippen LogP contribution in [0.3, 0.4) is 0 Å². The van der Waals surface area contributed by atoms with E-state index in [2.05, 4.69) is 20.3 Å². The van der Waals surface area contributed by atoms with Crippen molar-refractivity contribution in [2.24, 2.45) is 5.92 Å². The molecule has 9 heteroatoms. The van der Waals surface area contributed by atoms with Gasteiger partial charge in [0.15, 0.2) is 11.6 Å². The van der Waals surface area contributed by atoms with E-state index in [1.54, 1.807) is 0 Å². The lowest BCUT2D eigenvalue weighted by molar-refractivity contribution is 0.163. The maximum Gasteiger partial charge on any atom is 0.320 e. The summed E-state index contributed by atoms with van der Waals surface area (Å²) in [6.45, 7) is 4.82.